The van der Waals surface area contributed by atoms with Crippen LogP contribution in [0.5, 0.6) is 5.75 Å². The van der Waals surface area contributed by atoms with Crippen molar-refractivity contribution in [1.82, 2.24) is 0 Å². The number of hydrogen-bond donors (Lipinski definition) is 2. The molecule has 148 valence electrons. The number of anilines is 2. The van der Waals surface area contributed by atoms with Crippen LogP contribution in [0.25, 0.3) is 0 Å². The molecular formula is C19H20N2O6S. The van der Waals surface area contributed by atoms with Crippen molar-refractivity contribution < 1.29 is 27.9 Å². The van der Waals surface area contributed by atoms with Crippen molar-refractivity contribution in [2.24, 2.45) is 5.92 Å². The van der Waals surface area contributed by atoms with Crippen molar-refractivity contribution in [3.05, 3.63) is 48.5 Å². The van der Waals surface area contributed by atoms with Gasteiger partial charge in [0.15, 0.2) is 0 Å². The maximum absolute atomic E-state index is 12.6. The highest BCUT2D eigenvalue weighted by Crippen LogP contribution is 2.27. The topological polar surface area (TPSA) is 113 Å². The van der Waals surface area contributed by atoms with Gasteiger partial charge in [0, 0.05) is 24.7 Å². The fourth-order valence-corrected chi connectivity index (χ4v) is 4.01. The summed E-state index contributed by atoms with van der Waals surface area (Å²) in [7, 11) is -3.83. The Morgan fingerprint density at radius 3 is 2.57 bits per heavy atom. The molecule has 2 aromatic carbocycles. The largest absolute Gasteiger partial charge is 0.494 e. The number of carbonyl (C=O) groups is 2. The van der Waals surface area contributed by atoms with Crippen LogP contribution in [0.15, 0.2) is 53.4 Å². The lowest BCUT2D eigenvalue weighted by Crippen LogP contribution is -2.25. The molecule has 1 saturated heterocycles. The number of nitrogens with zero attached hydrogens (tertiary/aromatic N) is 1. The van der Waals surface area contributed by atoms with E-state index in [4.69, 9.17) is 9.84 Å². The zero-order valence-electron chi connectivity index (χ0n) is 15.2. The lowest BCUT2D eigenvalue weighted by Gasteiger charge is -2.17. The summed E-state index contributed by atoms with van der Waals surface area (Å²) < 4.78 is 33.0. The molecule has 1 heterocycles. The molecule has 0 spiro atoms. The molecule has 1 atom stereocenters. The average molecular weight is 404 g/mol. The number of carboxylic acid groups (broad SMARTS) is 1. The summed E-state index contributed by atoms with van der Waals surface area (Å²) in [5.74, 6) is -1.52. The molecule has 1 unspecified atom stereocenters. The van der Waals surface area contributed by atoms with Gasteiger partial charge in [0.05, 0.1) is 23.1 Å². The summed E-state index contributed by atoms with van der Waals surface area (Å²) >= 11 is 0. The third-order valence-electron chi connectivity index (χ3n) is 4.33. The highest BCUT2D eigenvalue weighted by molar-refractivity contribution is 7.92. The lowest BCUT2D eigenvalue weighted by atomic mass is 10.1. The van der Waals surface area contributed by atoms with E-state index in [1.807, 2.05) is 6.92 Å². The van der Waals surface area contributed by atoms with Crippen molar-refractivity contribution in [3.63, 3.8) is 0 Å². The number of rotatable bonds is 7. The summed E-state index contributed by atoms with van der Waals surface area (Å²) in [5.41, 5.74) is 0.833. The van der Waals surface area contributed by atoms with E-state index in [1.54, 1.807) is 24.3 Å². The van der Waals surface area contributed by atoms with Gasteiger partial charge in [-0.05, 0) is 43.3 Å². The molecule has 1 aliphatic heterocycles. The van der Waals surface area contributed by atoms with Crippen LogP contribution >= 0.6 is 0 Å². The van der Waals surface area contributed by atoms with E-state index in [0.717, 1.165) is 0 Å². The van der Waals surface area contributed by atoms with Crippen molar-refractivity contribution in [1.29, 1.82) is 0 Å². The second-order valence-electron chi connectivity index (χ2n) is 6.30. The Hall–Kier alpha value is -3.07. The zero-order valence-corrected chi connectivity index (χ0v) is 16.0. The molecule has 0 aliphatic carbocycles. The molecule has 0 aromatic heterocycles. The van der Waals surface area contributed by atoms with E-state index < -0.39 is 21.9 Å². The van der Waals surface area contributed by atoms with E-state index in [0.29, 0.717) is 23.7 Å². The van der Waals surface area contributed by atoms with Crippen LogP contribution in [0.4, 0.5) is 11.4 Å². The number of nitrogens with one attached hydrogen (secondary N) is 1. The van der Waals surface area contributed by atoms with Gasteiger partial charge in [-0.1, -0.05) is 6.07 Å². The predicted molar refractivity (Wildman–Crippen MR) is 103 cm³/mol. The van der Waals surface area contributed by atoms with Crippen LogP contribution in [0.1, 0.15) is 13.3 Å². The number of sulfonamides is 1. The number of aliphatic carboxylic acids is 1. The van der Waals surface area contributed by atoms with Gasteiger partial charge in [0.25, 0.3) is 10.0 Å². The molecule has 1 aliphatic rings. The van der Waals surface area contributed by atoms with Gasteiger partial charge >= 0.3 is 5.97 Å². The van der Waals surface area contributed by atoms with Gasteiger partial charge in [-0.2, -0.15) is 0 Å². The Bertz CT molecular complexity index is 988. The van der Waals surface area contributed by atoms with Crippen molar-refractivity contribution in [3.8, 4) is 5.75 Å². The Kier molecular flexibility index (Phi) is 5.55. The van der Waals surface area contributed by atoms with Crippen LogP contribution in [0.3, 0.4) is 0 Å². The molecule has 2 N–H and O–H groups in total. The average Bonchev–Trinajstić information content (AvgIpc) is 3.04. The molecule has 28 heavy (non-hydrogen) atoms. The first-order valence-corrected chi connectivity index (χ1v) is 10.2. The van der Waals surface area contributed by atoms with Crippen molar-refractivity contribution in [2.75, 3.05) is 22.8 Å². The normalized spacial score (nSPS) is 16.8. The first-order chi connectivity index (χ1) is 13.3. The fraction of sp³-hybridized carbons (Fsp3) is 0.263. The minimum atomic E-state index is -3.83. The molecule has 9 heteroatoms. The maximum atomic E-state index is 12.6. The van der Waals surface area contributed by atoms with Crippen LogP contribution < -0.4 is 14.4 Å². The summed E-state index contributed by atoms with van der Waals surface area (Å²) in [6.07, 6.45) is -0.0624. The number of amides is 1. The predicted octanol–water partition coefficient (Wildman–Crippen LogP) is 2.32. The summed E-state index contributed by atoms with van der Waals surface area (Å²) in [6.45, 7) is 2.38. The Morgan fingerprint density at radius 2 is 1.96 bits per heavy atom. The van der Waals surface area contributed by atoms with Gasteiger partial charge < -0.3 is 14.7 Å². The third-order valence-corrected chi connectivity index (χ3v) is 5.73. The third kappa shape index (κ3) is 4.25. The van der Waals surface area contributed by atoms with E-state index in [1.165, 1.54) is 29.2 Å². The first-order valence-electron chi connectivity index (χ1n) is 8.69. The number of carboxylic acids is 1. The van der Waals surface area contributed by atoms with Crippen LogP contribution in [-0.4, -0.2) is 38.6 Å². The van der Waals surface area contributed by atoms with E-state index >= 15 is 0 Å². The number of ether oxygens (including phenoxy) is 1. The monoisotopic (exact) mass is 404 g/mol. The number of carbonyl (C=O) groups excluding carboxylic acids is 1. The molecule has 8 nitrogen and oxygen atoms in total. The lowest BCUT2D eigenvalue weighted by molar-refractivity contribution is -0.141. The molecular weight excluding hydrogens is 384 g/mol. The standard InChI is InChI=1S/C19H20N2O6S/c1-2-27-16-5-3-4-14(11-16)20-28(25,26)17-8-6-15(7-9-17)21-12-13(19(23)24)10-18(21)22/h3-9,11,13,20H,2,10,12H2,1H3,(H,23,24). The van der Waals surface area contributed by atoms with Crippen LogP contribution in [-0.2, 0) is 19.6 Å². The van der Waals surface area contributed by atoms with Gasteiger partial charge in [-0.15, -0.1) is 0 Å². The van der Waals surface area contributed by atoms with Gasteiger partial charge in [-0.25, -0.2) is 8.42 Å². The van der Waals surface area contributed by atoms with Gasteiger partial charge in [0.1, 0.15) is 5.75 Å². The van der Waals surface area contributed by atoms with Gasteiger partial charge in [-0.3, -0.25) is 14.3 Å². The van der Waals surface area contributed by atoms with Crippen molar-refractivity contribution in [2.45, 2.75) is 18.2 Å². The maximum Gasteiger partial charge on any atom is 0.308 e. The molecule has 0 bridgehead atoms. The Morgan fingerprint density at radius 1 is 1.25 bits per heavy atom. The van der Waals surface area contributed by atoms with Crippen molar-refractivity contribution >= 4 is 33.3 Å². The van der Waals surface area contributed by atoms with E-state index in [9.17, 15) is 18.0 Å². The van der Waals surface area contributed by atoms with Gasteiger partial charge in [0.2, 0.25) is 5.91 Å². The molecule has 3 rings (SSSR count). The minimum absolute atomic E-state index is 0.0273. The summed E-state index contributed by atoms with van der Waals surface area (Å²) in [4.78, 5) is 24.5. The SMILES string of the molecule is CCOc1cccc(NS(=O)(=O)c2ccc(N3CC(C(=O)O)CC3=O)cc2)c1. The zero-order chi connectivity index (χ0) is 20.3. The second kappa shape index (κ2) is 7.89. The van der Waals surface area contributed by atoms with Crippen LogP contribution in [0.2, 0.25) is 0 Å². The summed E-state index contributed by atoms with van der Waals surface area (Å²) in [6, 6.07) is 12.4. The quantitative estimate of drug-likeness (QED) is 0.732. The van der Waals surface area contributed by atoms with Crippen LogP contribution in [0, 0.1) is 5.92 Å². The number of benzene rings is 2. The molecule has 0 saturated carbocycles. The second-order valence-corrected chi connectivity index (χ2v) is 7.99. The first kappa shape index (κ1) is 19.7. The molecule has 1 fully saturated rings. The highest BCUT2D eigenvalue weighted by atomic mass is 32.2. The number of hydrogen-bond acceptors (Lipinski definition) is 5. The Balaban J connectivity index is 1.76. The fourth-order valence-electron chi connectivity index (χ4n) is 2.96. The minimum Gasteiger partial charge on any atom is -0.494 e. The smallest absolute Gasteiger partial charge is 0.308 e. The summed E-state index contributed by atoms with van der Waals surface area (Å²) in [5, 5.41) is 9.06. The Labute approximate surface area is 162 Å². The highest BCUT2D eigenvalue weighted by Gasteiger charge is 2.35. The molecule has 1 amide bonds. The van der Waals surface area contributed by atoms with E-state index in [2.05, 4.69) is 4.72 Å². The van der Waals surface area contributed by atoms with E-state index in [-0.39, 0.29) is 23.8 Å². The molecule has 0 radical (unpaired) electrons. The molecule has 2 aromatic rings.